The van der Waals surface area contributed by atoms with E-state index < -0.39 is 17.7 Å². The summed E-state index contributed by atoms with van der Waals surface area (Å²) >= 11 is 6.26. The topological polar surface area (TPSA) is 70.7 Å². The molecule has 3 aromatic rings. The predicted octanol–water partition coefficient (Wildman–Crippen LogP) is 5.59. The molecule has 168 valence electrons. The van der Waals surface area contributed by atoms with Crippen LogP contribution in [0.15, 0.2) is 66.7 Å². The van der Waals surface area contributed by atoms with Crippen LogP contribution in [0, 0.1) is 19.8 Å². The number of fused-ring (bicyclic) bond motifs is 4. The van der Waals surface area contributed by atoms with Gasteiger partial charge in [0.15, 0.2) is 0 Å². The Kier molecular flexibility index (Phi) is 5.05. The predicted molar refractivity (Wildman–Crippen MR) is 129 cm³/mol. The fourth-order valence-electron chi connectivity index (χ4n) is 4.88. The zero-order valence-electron chi connectivity index (χ0n) is 18.6. The number of benzene rings is 3. The van der Waals surface area contributed by atoms with Gasteiger partial charge in [-0.05, 0) is 62.7 Å². The normalized spacial score (nSPS) is 23.3. The van der Waals surface area contributed by atoms with Gasteiger partial charge in [-0.1, -0.05) is 47.5 Å². The molecule has 3 atom stereocenters. The summed E-state index contributed by atoms with van der Waals surface area (Å²) in [7, 11) is 0. The maximum Gasteiger partial charge on any atom is 0.325 e. The van der Waals surface area contributed by atoms with Crippen molar-refractivity contribution in [2.24, 2.45) is 5.92 Å². The third-order valence-electron chi connectivity index (χ3n) is 6.40. The van der Waals surface area contributed by atoms with Gasteiger partial charge in [-0.3, -0.25) is 9.69 Å². The fourth-order valence-corrected chi connectivity index (χ4v) is 5.07. The Morgan fingerprint density at radius 3 is 2.58 bits per heavy atom. The molecule has 2 aliphatic rings. The minimum Gasteiger partial charge on any atom is -0.466 e. The Bertz CT molecular complexity index is 1260. The summed E-state index contributed by atoms with van der Waals surface area (Å²) in [6.07, 6.45) is 0. The number of amides is 3. The lowest BCUT2D eigenvalue weighted by molar-refractivity contribution is -0.131. The molecule has 6 nitrogen and oxygen atoms in total. The second-order valence-corrected chi connectivity index (χ2v) is 9.16. The SMILES string of the molecule is Cc1ccc(NC(=O)[C@@H]2[C@H]3NC(=O)N(c4ccccc4)[C@@]2(C)Oc2ccc(Cl)cc23)c(C)c1. The van der Waals surface area contributed by atoms with Gasteiger partial charge in [-0.25, -0.2) is 4.79 Å². The van der Waals surface area contributed by atoms with Crippen molar-refractivity contribution in [2.75, 3.05) is 10.2 Å². The average molecular weight is 462 g/mol. The molecule has 33 heavy (non-hydrogen) atoms. The largest absolute Gasteiger partial charge is 0.466 e. The summed E-state index contributed by atoms with van der Waals surface area (Å²) in [6, 6.07) is 19.4. The number of hydrogen-bond acceptors (Lipinski definition) is 3. The lowest BCUT2D eigenvalue weighted by Gasteiger charge is -2.54. The molecule has 2 N–H and O–H groups in total. The van der Waals surface area contributed by atoms with Crippen LogP contribution in [-0.4, -0.2) is 17.7 Å². The van der Waals surface area contributed by atoms with Crippen LogP contribution in [-0.2, 0) is 4.79 Å². The molecule has 0 unspecified atom stereocenters. The Balaban J connectivity index is 1.63. The van der Waals surface area contributed by atoms with Crippen molar-refractivity contribution in [1.82, 2.24) is 5.32 Å². The van der Waals surface area contributed by atoms with E-state index in [1.165, 1.54) is 4.90 Å². The van der Waals surface area contributed by atoms with E-state index in [4.69, 9.17) is 16.3 Å². The van der Waals surface area contributed by atoms with Gasteiger partial charge in [0.1, 0.15) is 11.7 Å². The molecule has 3 amide bonds. The van der Waals surface area contributed by atoms with Crippen molar-refractivity contribution in [3.8, 4) is 5.75 Å². The van der Waals surface area contributed by atoms with Gasteiger partial charge in [-0.15, -0.1) is 0 Å². The first kappa shape index (κ1) is 21.3. The Labute approximate surface area is 197 Å². The molecular weight excluding hydrogens is 438 g/mol. The number of nitrogens with zero attached hydrogens (tertiary/aromatic N) is 1. The quantitative estimate of drug-likeness (QED) is 0.534. The Morgan fingerprint density at radius 1 is 1.09 bits per heavy atom. The van der Waals surface area contributed by atoms with Crippen molar-refractivity contribution in [2.45, 2.75) is 32.5 Å². The van der Waals surface area contributed by atoms with E-state index in [1.54, 1.807) is 25.1 Å². The van der Waals surface area contributed by atoms with E-state index in [2.05, 4.69) is 10.6 Å². The van der Waals surface area contributed by atoms with Crippen molar-refractivity contribution >= 4 is 34.9 Å². The number of carbonyl (C=O) groups excluding carboxylic acids is 2. The maximum atomic E-state index is 13.8. The minimum absolute atomic E-state index is 0.249. The molecule has 3 aromatic carbocycles. The number of anilines is 2. The molecule has 2 aliphatic heterocycles. The van der Waals surface area contributed by atoms with E-state index in [-0.39, 0.29) is 11.9 Å². The monoisotopic (exact) mass is 461 g/mol. The number of halogens is 1. The molecule has 0 aliphatic carbocycles. The highest BCUT2D eigenvalue weighted by Crippen LogP contribution is 2.50. The van der Waals surface area contributed by atoms with E-state index in [1.807, 2.05) is 62.4 Å². The molecule has 0 aromatic heterocycles. The third-order valence-corrected chi connectivity index (χ3v) is 6.63. The summed E-state index contributed by atoms with van der Waals surface area (Å²) in [5.74, 6) is -0.411. The number of urea groups is 1. The van der Waals surface area contributed by atoms with Gasteiger partial charge in [-0.2, -0.15) is 0 Å². The minimum atomic E-state index is -1.27. The smallest absolute Gasteiger partial charge is 0.325 e. The molecule has 1 fully saturated rings. The number of para-hydroxylation sites is 1. The molecule has 2 bridgehead atoms. The van der Waals surface area contributed by atoms with Crippen LogP contribution in [0.4, 0.5) is 16.2 Å². The van der Waals surface area contributed by atoms with Gasteiger partial charge < -0.3 is 15.4 Å². The van der Waals surface area contributed by atoms with Crippen LogP contribution in [0.3, 0.4) is 0 Å². The second-order valence-electron chi connectivity index (χ2n) is 8.72. The molecule has 0 radical (unpaired) electrons. The van der Waals surface area contributed by atoms with Crippen molar-refractivity contribution in [3.05, 3.63) is 88.4 Å². The van der Waals surface area contributed by atoms with Crippen LogP contribution in [0.2, 0.25) is 5.02 Å². The van der Waals surface area contributed by atoms with E-state index >= 15 is 0 Å². The van der Waals surface area contributed by atoms with Crippen molar-refractivity contribution in [3.63, 3.8) is 0 Å². The van der Waals surface area contributed by atoms with Crippen LogP contribution >= 0.6 is 11.6 Å². The summed E-state index contributed by atoms with van der Waals surface area (Å²) in [4.78, 5) is 28.6. The number of aryl methyl sites for hydroxylation is 2. The highest BCUT2D eigenvalue weighted by atomic mass is 35.5. The summed E-state index contributed by atoms with van der Waals surface area (Å²) in [5.41, 5.74) is 2.85. The summed E-state index contributed by atoms with van der Waals surface area (Å²) < 4.78 is 6.45. The number of ether oxygens (including phenoxy) is 1. The number of rotatable bonds is 3. The highest BCUT2D eigenvalue weighted by molar-refractivity contribution is 6.30. The van der Waals surface area contributed by atoms with Crippen LogP contribution in [0.25, 0.3) is 0 Å². The van der Waals surface area contributed by atoms with E-state index in [0.717, 1.165) is 16.8 Å². The first-order chi connectivity index (χ1) is 15.8. The third kappa shape index (κ3) is 3.51. The molecule has 0 saturated carbocycles. The number of carbonyl (C=O) groups is 2. The Morgan fingerprint density at radius 2 is 1.85 bits per heavy atom. The van der Waals surface area contributed by atoms with Crippen molar-refractivity contribution < 1.29 is 14.3 Å². The second kappa shape index (κ2) is 7.81. The first-order valence-corrected chi connectivity index (χ1v) is 11.2. The summed E-state index contributed by atoms with van der Waals surface area (Å²) in [6.45, 7) is 5.75. The van der Waals surface area contributed by atoms with Gasteiger partial charge in [0.05, 0.1) is 6.04 Å². The standard InChI is InChI=1S/C26H24ClN3O3/c1-15-9-11-20(16(2)13-15)28-24(31)22-23-19-14-17(27)10-12-21(19)33-26(22,3)30(25(32)29-23)18-7-5-4-6-8-18/h4-14,22-23H,1-3H3,(H,28,31)(H,29,32)/t22-,23-,26-/m0/s1. The van der Waals surface area contributed by atoms with Crippen molar-refractivity contribution in [1.29, 1.82) is 0 Å². The zero-order valence-corrected chi connectivity index (χ0v) is 19.3. The van der Waals surface area contributed by atoms with Gasteiger partial charge >= 0.3 is 6.03 Å². The van der Waals surface area contributed by atoms with Gasteiger partial charge in [0.2, 0.25) is 11.6 Å². The molecule has 1 saturated heterocycles. The zero-order chi connectivity index (χ0) is 23.3. The average Bonchev–Trinajstić information content (AvgIpc) is 2.76. The molecule has 2 heterocycles. The molecule has 0 spiro atoms. The van der Waals surface area contributed by atoms with E-state index in [9.17, 15) is 9.59 Å². The lowest BCUT2D eigenvalue weighted by Crippen LogP contribution is -2.72. The number of hydrogen-bond donors (Lipinski definition) is 2. The molecular formula is C26H24ClN3O3. The lowest BCUT2D eigenvalue weighted by atomic mass is 9.78. The van der Waals surface area contributed by atoms with Gasteiger partial charge in [0, 0.05) is 22.0 Å². The van der Waals surface area contributed by atoms with Crippen LogP contribution in [0.1, 0.15) is 29.7 Å². The molecule has 7 heteroatoms. The van der Waals surface area contributed by atoms with Crippen LogP contribution < -0.4 is 20.3 Å². The Hall–Kier alpha value is -3.51. The highest BCUT2D eigenvalue weighted by Gasteiger charge is 2.60. The fraction of sp³-hybridized carbons (Fsp3) is 0.231. The molecule has 5 rings (SSSR count). The van der Waals surface area contributed by atoms with Gasteiger partial charge in [0.25, 0.3) is 0 Å². The first-order valence-electron chi connectivity index (χ1n) is 10.8. The van der Waals surface area contributed by atoms with Crippen LogP contribution in [0.5, 0.6) is 5.75 Å². The van der Waals surface area contributed by atoms with E-state index in [0.29, 0.717) is 22.0 Å². The number of nitrogens with one attached hydrogen (secondary N) is 2. The summed E-state index contributed by atoms with van der Waals surface area (Å²) in [5, 5.41) is 6.60. The maximum absolute atomic E-state index is 13.8.